The monoisotopic (exact) mass is 213 g/mol. The molecule has 1 aromatic carbocycles. The second-order valence-electron chi connectivity index (χ2n) is 3.66. The number of para-hydroxylation sites is 1. The Bertz CT molecular complexity index is 468. The van der Waals surface area contributed by atoms with E-state index in [9.17, 15) is 0 Å². The van der Waals surface area contributed by atoms with E-state index in [-0.39, 0.29) is 0 Å². The molecule has 0 spiro atoms. The fourth-order valence-corrected chi connectivity index (χ4v) is 1.55. The van der Waals surface area contributed by atoms with Crippen molar-refractivity contribution in [2.75, 3.05) is 18.9 Å². The highest BCUT2D eigenvalue weighted by Gasteiger charge is 2.19. The lowest BCUT2D eigenvalue weighted by atomic mass is 10.2. The zero-order chi connectivity index (χ0) is 11.4. The van der Waals surface area contributed by atoms with Gasteiger partial charge in [-0.3, -0.25) is 0 Å². The van der Waals surface area contributed by atoms with Gasteiger partial charge in [0.05, 0.1) is 0 Å². The molecule has 1 aliphatic heterocycles. The lowest BCUT2D eigenvalue weighted by molar-refractivity contribution is 0.455. The van der Waals surface area contributed by atoms with Crippen molar-refractivity contribution in [1.29, 1.82) is 5.39 Å². The predicted molar refractivity (Wildman–Crippen MR) is 63.9 cm³/mol. The van der Waals surface area contributed by atoms with E-state index < -0.39 is 0 Å². The van der Waals surface area contributed by atoms with Gasteiger partial charge in [-0.25, -0.2) is 0 Å². The Morgan fingerprint density at radius 1 is 1.25 bits per heavy atom. The van der Waals surface area contributed by atoms with E-state index in [2.05, 4.69) is 10.3 Å². The number of benzene rings is 1. The fraction of sp³-hybridized carbons (Fsp3) is 0.167. The van der Waals surface area contributed by atoms with Crippen molar-refractivity contribution in [2.24, 2.45) is 0 Å². The van der Waals surface area contributed by atoms with Gasteiger partial charge in [0, 0.05) is 18.8 Å². The number of allylic oxidation sites excluding steroid dienone is 2. The van der Waals surface area contributed by atoms with Crippen molar-refractivity contribution in [2.45, 2.75) is 0 Å². The van der Waals surface area contributed by atoms with Gasteiger partial charge in [0.25, 0.3) is 0 Å². The molecule has 80 valence electrons. The summed E-state index contributed by atoms with van der Waals surface area (Å²) in [7, 11) is 1.94. The second kappa shape index (κ2) is 4.49. The number of hydrogen-bond donors (Lipinski definition) is 1. The van der Waals surface area contributed by atoms with Crippen molar-refractivity contribution in [1.82, 2.24) is 4.90 Å². The first-order chi connectivity index (χ1) is 7.79. The lowest BCUT2D eigenvalue weighted by Gasteiger charge is -2.22. The third-order valence-corrected chi connectivity index (χ3v) is 2.42. The summed E-state index contributed by atoms with van der Waals surface area (Å²) < 4.78 is 0. The third-order valence-electron chi connectivity index (χ3n) is 2.42. The van der Waals surface area contributed by atoms with E-state index in [4.69, 9.17) is 5.39 Å². The number of hydrogen-bond acceptors (Lipinski definition) is 3. The molecular weight excluding hydrogens is 200 g/mol. The van der Waals surface area contributed by atoms with Gasteiger partial charge in [0.15, 0.2) is 4.98 Å². The maximum atomic E-state index is 8.67. The van der Waals surface area contributed by atoms with E-state index in [0.717, 1.165) is 11.5 Å². The average molecular weight is 213 g/mol. The molecule has 0 atom stereocenters. The molecular formula is C12H13N4+. The molecule has 0 bridgehead atoms. The van der Waals surface area contributed by atoms with Crippen LogP contribution in [-0.4, -0.2) is 18.5 Å². The highest BCUT2D eigenvalue weighted by atomic mass is 15.2. The SMILES string of the molecule is CN1CC([N+]#N)=CC=C1Nc1ccccc1. The Morgan fingerprint density at radius 3 is 2.62 bits per heavy atom. The maximum absolute atomic E-state index is 8.67. The summed E-state index contributed by atoms with van der Waals surface area (Å²) in [5.74, 6) is 0.985. The summed E-state index contributed by atoms with van der Waals surface area (Å²) in [6, 6.07) is 9.95. The zero-order valence-electron chi connectivity index (χ0n) is 9.09. The van der Waals surface area contributed by atoms with Gasteiger partial charge < -0.3 is 10.2 Å². The molecule has 2 rings (SSSR count). The van der Waals surface area contributed by atoms with Gasteiger partial charge in [-0.15, -0.1) is 0 Å². The van der Waals surface area contributed by atoms with Crippen LogP contribution >= 0.6 is 0 Å². The molecule has 4 nitrogen and oxygen atoms in total. The zero-order valence-corrected chi connectivity index (χ0v) is 9.09. The van der Waals surface area contributed by atoms with Gasteiger partial charge >= 0.3 is 5.70 Å². The first-order valence-electron chi connectivity index (χ1n) is 5.09. The summed E-state index contributed by atoms with van der Waals surface area (Å²) in [6.07, 6.45) is 3.69. The molecule has 1 heterocycles. The van der Waals surface area contributed by atoms with Crippen LogP contribution in [0.4, 0.5) is 5.69 Å². The fourth-order valence-electron chi connectivity index (χ4n) is 1.55. The Balaban J connectivity index is 2.15. The van der Waals surface area contributed by atoms with Crippen LogP contribution < -0.4 is 5.32 Å². The summed E-state index contributed by atoms with van der Waals surface area (Å²) in [6.45, 7) is 0.599. The summed E-state index contributed by atoms with van der Waals surface area (Å²) >= 11 is 0. The van der Waals surface area contributed by atoms with Crippen molar-refractivity contribution in [3.63, 3.8) is 0 Å². The Hall–Kier alpha value is -2.28. The largest absolute Gasteiger partial charge is 0.380 e. The predicted octanol–water partition coefficient (Wildman–Crippen LogP) is 2.62. The Morgan fingerprint density at radius 2 is 2.00 bits per heavy atom. The van der Waals surface area contributed by atoms with Crippen molar-refractivity contribution < 1.29 is 0 Å². The molecule has 1 aromatic rings. The van der Waals surface area contributed by atoms with E-state index in [1.165, 1.54) is 0 Å². The van der Waals surface area contributed by atoms with Crippen LogP contribution in [-0.2, 0) is 0 Å². The molecule has 0 aliphatic carbocycles. The van der Waals surface area contributed by atoms with E-state index in [1.807, 2.05) is 48.4 Å². The molecule has 1 aliphatic rings. The van der Waals surface area contributed by atoms with Crippen molar-refractivity contribution in [3.05, 3.63) is 59.0 Å². The van der Waals surface area contributed by atoms with Gasteiger partial charge in [0.1, 0.15) is 12.4 Å². The van der Waals surface area contributed by atoms with E-state index >= 15 is 0 Å². The van der Waals surface area contributed by atoms with E-state index in [1.54, 1.807) is 6.08 Å². The van der Waals surface area contributed by atoms with Gasteiger partial charge in [-0.2, -0.15) is 0 Å². The summed E-state index contributed by atoms with van der Waals surface area (Å²) in [4.78, 5) is 5.17. The third kappa shape index (κ3) is 2.20. The first-order valence-corrected chi connectivity index (χ1v) is 5.09. The van der Waals surface area contributed by atoms with Crippen LogP contribution in [0.25, 0.3) is 4.98 Å². The molecule has 0 fully saturated rings. The Labute approximate surface area is 94.5 Å². The molecule has 0 aromatic heterocycles. The van der Waals surface area contributed by atoms with Crippen LogP contribution in [0.15, 0.2) is 54.0 Å². The van der Waals surface area contributed by atoms with E-state index in [0.29, 0.717) is 12.2 Å². The van der Waals surface area contributed by atoms with Crippen LogP contribution in [0.2, 0.25) is 0 Å². The highest BCUT2D eigenvalue weighted by molar-refractivity contribution is 5.49. The summed E-state index contributed by atoms with van der Waals surface area (Å²) in [5, 5.41) is 12.0. The van der Waals surface area contributed by atoms with Gasteiger partial charge in [-0.05, 0) is 18.2 Å². The van der Waals surface area contributed by atoms with Gasteiger partial charge in [-0.1, -0.05) is 18.2 Å². The number of nitrogens with one attached hydrogen (secondary N) is 1. The maximum Gasteiger partial charge on any atom is 0.380 e. The minimum absolute atomic E-state index is 0.599. The molecule has 16 heavy (non-hydrogen) atoms. The number of rotatable bonds is 2. The van der Waals surface area contributed by atoms with Crippen LogP contribution in [0.3, 0.4) is 0 Å². The lowest BCUT2D eigenvalue weighted by Crippen LogP contribution is -2.26. The number of anilines is 1. The number of likely N-dealkylation sites (N-methyl/N-ethyl adjacent to an activating group) is 1. The molecule has 0 unspecified atom stereocenters. The van der Waals surface area contributed by atoms with Crippen molar-refractivity contribution >= 4 is 5.69 Å². The quantitative estimate of drug-likeness (QED) is 0.768. The summed E-state index contributed by atoms with van der Waals surface area (Å²) in [5.41, 5.74) is 1.69. The standard InChI is InChI=1S/C12H13N4/c1-16-9-11(15-13)7-8-12(16)14-10-5-3-2-4-6-10/h2-8,14H,9H2,1H3/q+1. The molecule has 0 amide bonds. The second-order valence-corrected chi connectivity index (χ2v) is 3.66. The molecule has 1 N–H and O–H groups in total. The Kier molecular flexibility index (Phi) is 2.88. The van der Waals surface area contributed by atoms with Crippen LogP contribution in [0.5, 0.6) is 0 Å². The van der Waals surface area contributed by atoms with Gasteiger partial charge in [0.2, 0.25) is 5.39 Å². The number of nitrogens with zero attached hydrogens (tertiary/aromatic N) is 3. The van der Waals surface area contributed by atoms with Crippen LogP contribution in [0, 0.1) is 5.39 Å². The normalized spacial score (nSPS) is 14.9. The molecule has 0 saturated heterocycles. The minimum atomic E-state index is 0.599. The molecule has 0 radical (unpaired) electrons. The average Bonchev–Trinajstić information content (AvgIpc) is 2.33. The van der Waals surface area contributed by atoms with Crippen molar-refractivity contribution in [3.8, 4) is 0 Å². The first kappa shape index (κ1) is 10.2. The smallest absolute Gasteiger partial charge is 0.349 e. The minimum Gasteiger partial charge on any atom is -0.349 e. The molecule has 4 heteroatoms. The number of diazo groups is 1. The molecule has 0 saturated carbocycles. The topological polar surface area (TPSA) is 43.4 Å². The van der Waals surface area contributed by atoms with Crippen LogP contribution in [0.1, 0.15) is 0 Å². The highest BCUT2D eigenvalue weighted by Crippen LogP contribution is 2.16.